The molecule has 4 nitrogen and oxygen atoms in total. The van der Waals surface area contributed by atoms with Crippen LogP contribution >= 0.6 is 0 Å². The third kappa shape index (κ3) is 3.13. The largest absolute Gasteiger partial charge is 0.337 e. The number of nitrogens with zero attached hydrogens (tertiary/aromatic N) is 2. The van der Waals surface area contributed by atoms with Crippen molar-refractivity contribution in [2.75, 3.05) is 13.6 Å². The lowest BCUT2D eigenvalue weighted by Gasteiger charge is -2.32. The molecule has 1 aromatic rings. The van der Waals surface area contributed by atoms with E-state index in [0.717, 1.165) is 24.9 Å². The van der Waals surface area contributed by atoms with Crippen molar-refractivity contribution in [3.63, 3.8) is 0 Å². The van der Waals surface area contributed by atoms with Gasteiger partial charge in [0.2, 0.25) is 5.91 Å². The van der Waals surface area contributed by atoms with Gasteiger partial charge in [0.05, 0.1) is 6.04 Å². The highest BCUT2D eigenvalue weighted by Crippen LogP contribution is 2.31. The van der Waals surface area contributed by atoms with Crippen LogP contribution in [0.1, 0.15) is 32.3 Å². The molecule has 1 amide bonds. The van der Waals surface area contributed by atoms with E-state index >= 15 is 0 Å². The Morgan fingerprint density at radius 1 is 1.53 bits per heavy atom. The number of amides is 1. The van der Waals surface area contributed by atoms with E-state index in [9.17, 15) is 4.79 Å². The number of carbonyl (C=O) groups is 1. The molecular formula is C15H23N3O. The maximum Gasteiger partial charge on any atom is 0.240 e. The molecular weight excluding hydrogens is 238 g/mol. The SMILES string of the molecule is CNC1C(=O)N(Cc2cccnc2)CCCC1(C)C. The number of pyridine rings is 1. The highest BCUT2D eigenvalue weighted by atomic mass is 16.2. The summed E-state index contributed by atoms with van der Waals surface area (Å²) < 4.78 is 0. The molecule has 0 spiro atoms. The van der Waals surface area contributed by atoms with E-state index in [2.05, 4.69) is 24.1 Å². The molecule has 0 bridgehead atoms. The van der Waals surface area contributed by atoms with Crippen molar-refractivity contribution in [2.24, 2.45) is 5.41 Å². The molecule has 1 aromatic heterocycles. The second-order valence-corrected chi connectivity index (χ2v) is 5.93. The number of hydrogen-bond acceptors (Lipinski definition) is 3. The summed E-state index contributed by atoms with van der Waals surface area (Å²) in [6, 6.07) is 3.83. The molecule has 0 radical (unpaired) electrons. The fourth-order valence-electron chi connectivity index (χ4n) is 2.88. The van der Waals surface area contributed by atoms with Crippen LogP contribution in [-0.4, -0.2) is 35.4 Å². The van der Waals surface area contributed by atoms with Crippen molar-refractivity contribution in [2.45, 2.75) is 39.3 Å². The molecule has 2 rings (SSSR count). The zero-order valence-electron chi connectivity index (χ0n) is 12.0. The molecule has 1 fully saturated rings. The fourth-order valence-corrected chi connectivity index (χ4v) is 2.88. The molecule has 1 unspecified atom stereocenters. The molecule has 0 aromatic carbocycles. The number of hydrogen-bond donors (Lipinski definition) is 1. The summed E-state index contributed by atoms with van der Waals surface area (Å²) in [5.74, 6) is 0.203. The Bertz CT molecular complexity index is 430. The van der Waals surface area contributed by atoms with Gasteiger partial charge in [0.25, 0.3) is 0 Å². The Labute approximate surface area is 115 Å². The molecule has 0 aliphatic carbocycles. The Morgan fingerprint density at radius 2 is 2.32 bits per heavy atom. The first-order chi connectivity index (χ1) is 9.04. The monoisotopic (exact) mass is 261 g/mol. The maximum absolute atomic E-state index is 12.6. The minimum atomic E-state index is -0.105. The average molecular weight is 261 g/mol. The summed E-state index contributed by atoms with van der Waals surface area (Å²) in [6.45, 7) is 5.82. The first kappa shape index (κ1) is 14.0. The molecule has 19 heavy (non-hydrogen) atoms. The van der Waals surface area contributed by atoms with Crippen molar-refractivity contribution >= 4 is 5.91 Å². The lowest BCUT2D eigenvalue weighted by atomic mass is 9.80. The number of likely N-dealkylation sites (N-methyl/N-ethyl adjacent to an activating group) is 1. The second kappa shape index (κ2) is 5.70. The highest BCUT2D eigenvalue weighted by molar-refractivity contribution is 5.83. The normalized spacial score (nSPS) is 23.2. The zero-order valence-corrected chi connectivity index (χ0v) is 12.0. The third-order valence-electron chi connectivity index (χ3n) is 3.97. The molecule has 1 aliphatic heterocycles. The van der Waals surface area contributed by atoms with E-state index in [4.69, 9.17) is 0 Å². The summed E-state index contributed by atoms with van der Waals surface area (Å²) >= 11 is 0. The van der Waals surface area contributed by atoms with Crippen molar-refractivity contribution < 1.29 is 4.79 Å². The smallest absolute Gasteiger partial charge is 0.240 e. The van der Waals surface area contributed by atoms with Gasteiger partial charge in [0.1, 0.15) is 0 Å². The average Bonchev–Trinajstić information content (AvgIpc) is 2.48. The summed E-state index contributed by atoms with van der Waals surface area (Å²) in [6.07, 6.45) is 5.70. The molecule has 2 heterocycles. The predicted molar refractivity (Wildman–Crippen MR) is 75.5 cm³/mol. The molecule has 1 saturated heterocycles. The van der Waals surface area contributed by atoms with Crippen LogP contribution in [0.15, 0.2) is 24.5 Å². The topological polar surface area (TPSA) is 45.2 Å². The first-order valence-electron chi connectivity index (χ1n) is 6.89. The molecule has 1 atom stereocenters. The van der Waals surface area contributed by atoms with Gasteiger partial charge >= 0.3 is 0 Å². The first-order valence-corrected chi connectivity index (χ1v) is 6.89. The van der Waals surface area contributed by atoms with Crippen LogP contribution in [0.2, 0.25) is 0 Å². The van der Waals surface area contributed by atoms with Gasteiger partial charge in [0.15, 0.2) is 0 Å². The number of carbonyl (C=O) groups excluding carboxylic acids is 1. The molecule has 0 saturated carbocycles. The van der Waals surface area contributed by atoms with E-state index < -0.39 is 0 Å². The van der Waals surface area contributed by atoms with Gasteiger partial charge in [-0.3, -0.25) is 9.78 Å². The summed E-state index contributed by atoms with van der Waals surface area (Å²) in [5.41, 5.74) is 1.10. The van der Waals surface area contributed by atoms with Crippen LogP contribution in [0, 0.1) is 5.41 Å². The predicted octanol–water partition coefficient (Wildman–Crippen LogP) is 1.82. The van der Waals surface area contributed by atoms with Gasteiger partial charge in [-0.15, -0.1) is 0 Å². The summed E-state index contributed by atoms with van der Waals surface area (Å²) in [7, 11) is 1.87. The molecule has 4 heteroatoms. The summed E-state index contributed by atoms with van der Waals surface area (Å²) in [4.78, 5) is 18.7. The second-order valence-electron chi connectivity index (χ2n) is 5.93. The zero-order chi connectivity index (χ0) is 13.9. The lowest BCUT2D eigenvalue weighted by molar-refractivity contribution is -0.135. The van der Waals surface area contributed by atoms with Gasteiger partial charge in [-0.1, -0.05) is 19.9 Å². The van der Waals surface area contributed by atoms with E-state index in [1.165, 1.54) is 0 Å². The third-order valence-corrected chi connectivity index (χ3v) is 3.97. The quantitative estimate of drug-likeness (QED) is 0.902. The van der Waals surface area contributed by atoms with E-state index in [-0.39, 0.29) is 17.4 Å². The number of aromatic nitrogens is 1. The van der Waals surface area contributed by atoms with E-state index in [1.807, 2.05) is 30.3 Å². The molecule has 1 N–H and O–H groups in total. The molecule has 104 valence electrons. The Morgan fingerprint density at radius 3 is 2.95 bits per heavy atom. The molecule has 1 aliphatic rings. The fraction of sp³-hybridized carbons (Fsp3) is 0.600. The van der Waals surface area contributed by atoms with Crippen molar-refractivity contribution in [3.8, 4) is 0 Å². The van der Waals surface area contributed by atoms with Crippen molar-refractivity contribution in [1.82, 2.24) is 15.2 Å². The van der Waals surface area contributed by atoms with Crippen LogP contribution in [0.4, 0.5) is 0 Å². The van der Waals surface area contributed by atoms with Crippen LogP contribution in [0.5, 0.6) is 0 Å². The van der Waals surface area contributed by atoms with Gasteiger partial charge in [-0.05, 0) is 36.9 Å². The van der Waals surface area contributed by atoms with Crippen LogP contribution in [0.25, 0.3) is 0 Å². The number of nitrogens with one attached hydrogen (secondary N) is 1. The van der Waals surface area contributed by atoms with Crippen molar-refractivity contribution in [3.05, 3.63) is 30.1 Å². The van der Waals surface area contributed by atoms with Crippen LogP contribution in [-0.2, 0) is 11.3 Å². The number of rotatable bonds is 3. The minimum Gasteiger partial charge on any atom is -0.337 e. The van der Waals surface area contributed by atoms with Crippen LogP contribution < -0.4 is 5.32 Å². The Kier molecular flexibility index (Phi) is 4.20. The van der Waals surface area contributed by atoms with Gasteiger partial charge in [-0.25, -0.2) is 0 Å². The Balaban J connectivity index is 2.15. The standard InChI is InChI=1S/C15H23N3O/c1-15(2)7-5-9-18(14(19)13(15)16-3)11-12-6-4-8-17-10-12/h4,6,8,10,13,16H,5,7,9,11H2,1-3H3. The highest BCUT2D eigenvalue weighted by Gasteiger charge is 2.38. The van der Waals surface area contributed by atoms with E-state index in [1.54, 1.807) is 6.20 Å². The minimum absolute atomic E-state index is 0.00945. The lowest BCUT2D eigenvalue weighted by Crippen LogP contribution is -2.50. The van der Waals surface area contributed by atoms with Crippen LogP contribution in [0.3, 0.4) is 0 Å². The Hall–Kier alpha value is -1.42. The van der Waals surface area contributed by atoms with E-state index in [0.29, 0.717) is 6.54 Å². The number of likely N-dealkylation sites (tertiary alicyclic amines) is 1. The van der Waals surface area contributed by atoms with Gasteiger partial charge < -0.3 is 10.2 Å². The van der Waals surface area contributed by atoms with Gasteiger partial charge in [-0.2, -0.15) is 0 Å². The van der Waals surface area contributed by atoms with Crippen molar-refractivity contribution in [1.29, 1.82) is 0 Å². The summed E-state index contributed by atoms with van der Waals surface area (Å²) in [5, 5.41) is 3.19. The van der Waals surface area contributed by atoms with Gasteiger partial charge in [0, 0.05) is 25.5 Å². The maximum atomic E-state index is 12.6.